The number of aromatic nitrogens is 1. The third-order valence-electron chi connectivity index (χ3n) is 2.94. The van der Waals surface area contributed by atoms with E-state index in [0.717, 1.165) is 29.6 Å². The molecule has 0 radical (unpaired) electrons. The lowest BCUT2D eigenvalue weighted by atomic mass is 10.1. The van der Waals surface area contributed by atoms with Gasteiger partial charge in [0.2, 0.25) is 0 Å². The summed E-state index contributed by atoms with van der Waals surface area (Å²) in [5, 5.41) is 10.8. The number of nitrogens with zero attached hydrogens (tertiary/aromatic N) is 2. The molecule has 2 aromatic heterocycles. The van der Waals surface area contributed by atoms with Gasteiger partial charge in [-0.05, 0) is 39.4 Å². The summed E-state index contributed by atoms with van der Waals surface area (Å²) in [4.78, 5) is 7.81. The zero-order valence-electron chi connectivity index (χ0n) is 12.5. The molecule has 0 aliphatic carbocycles. The Morgan fingerprint density at radius 3 is 2.70 bits per heavy atom. The Balaban J connectivity index is 2.05. The Labute approximate surface area is 124 Å². The van der Waals surface area contributed by atoms with Crippen LogP contribution in [0.15, 0.2) is 22.7 Å². The van der Waals surface area contributed by atoms with Gasteiger partial charge in [0.15, 0.2) is 10.8 Å². The molecule has 2 aromatic rings. The van der Waals surface area contributed by atoms with Gasteiger partial charge in [0.25, 0.3) is 0 Å². The van der Waals surface area contributed by atoms with Crippen molar-refractivity contribution in [2.45, 2.75) is 39.8 Å². The fraction of sp³-hybridized carbons (Fsp3) is 0.533. The summed E-state index contributed by atoms with van der Waals surface area (Å²) in [5.74, 6) is 1.72. The van der Waals surface area contributed by atoms with E-state index in [0.29, 0.717) is 6.54 Å². The van der Waals surface area contributed by atoms with Gasteiger partial charge < -0.3 is 9.52 Å². The van der Waals surface area contributed by atoms with E-state index in [9.17, 15) is 5.11 Å². The summed E-state index contributed by atoms with van der Waals surface area (Å²) in [5.41, 5.74) is -0.679. The molecule has 0 bridgehead atoms. The summed E-state index contributed by atoms with van der Waals surface area (Å²) in [6.45, 7) is 10.0. The smallest absolute Gasteiger partial charge is 0.162 e. The second-order valence-corrected chi connectivity index (χ2v) is 6.77. The van der Waals surface area contributed by atoms with Crippen molar-refractivity contribution in [3.05, 3.63) is 29.0 Å². The Morgan fingerprint density at radius 2 is 2.15 bits per heavy atom. The lowest BCUT2D eigenvalue weighted by Gasteiger charge is -2.27. The zero-order valence-corrected chi connectivity index (χ0v) is 13.3. The van der Waals surface area contributed by atoms with E-state index in [2.05, 4.69) is 16.8 Å². The second-order valence-electron chi connectivity index (χ2n) is 5.66. The number of thiazole rings is 1. The van der Waals surface area contributed by atoms with E-state index >= 15 is 0 Å². The highest BCUT2D eigenvalue weighted by atomic mass is 32.1. The van der Waals surface area contributed by atoms with Gasteiger partial charge in [-0.25, -0.2) is 4.98 Å². The van der Waals surface area contributed by atoms with Crippen molar-refractivity contribution in [2.24, 2.45) is 0 Å². The Morgan fingerprint density at radius 1 is 1.40 bits per heavy atom. The van der Waals surface area contributed by atoms with Crippen LogP contribution in [0.3, 0.4) is 0 Å². The maximum atomic E-state index is 9.91. The predicted molar refractivity (Wildman–Crippen MR) is 81.8 cm³/mol. The molecule has 0 saturated heterocycles. The van der Waals surface area contributed by atoms with Crippen molar-refractivity contribution >= 4 is 11.3 Å². The minimum atomic E-state index is -0.679. The van der Waals surface area contributed by atoms with Crippen molar-refractivity contribution in [1.82, 2.24) is 9.88 Å². The predicted octanol–water partition coefficient (Wildman–Crippen LogP) is 3.30. The average molecular weight is 294 g/mol. The summed E-state index contributed by atoms with van der Waals surface area (Å²) in [6.07, 6.45) is 1.89. The van der Waals surface area contributed by atoms with Crippen LogP contribution >= 0.6 is 11.3 Å². The summed E-state index contributed by atoms with van der Waals surface area (Å²) in [6, 6.07) is 3.90. The SMILES string of the molecule is CCN(Cc1cnc(-c2ccc(C)o2)s1)CC(C)(C)O. The van der Waals surface area contributed by atoms with Crippen LogP contribution in [0.5, 0.6) is 0 Å². The van der Waals surface area contributed by atoms with Crippen LogP contribution in [-0.4, -0.2) is 33.7 Å². The summed E-state index contributed by atoms with van der Waals surface area (Å²) in [7, 11) is 0. The molecule has 0 fully saturated rings. The van der Waals surface area contributed by atoms with Crippen LogP contribution < -0.4 is 0 Å². The maximum Gasteiger partial charge on any atom is 0.162 e. The van der Waals surface area contributed by atoms with Gasteiger partial charge in [0.05, 0.1) is 5.60 Å². The Hall–Kier alpha value is -1.17. The second kappa shape index (κ2) is 6.08. The number of hydrogen-bond acceptors (Lipinski definition) is 5. The van der Waals surface area contributed by atoms with Gasteiger partial charge in [0, 0.05) is 24.2 Å². The molecule has 0 atom stereocenters. The summed E-state index contributed by atoms with van der Waals surface area (Å²) >= 11 is 1.64. The van der Waals surface area contributed by atoms with Crippen molar-refractivity contribution in [3.63, 3.8) is 0 Å². The molecule has 0 unspecified atom stereocenters. The lowest BCUT2D eigenvalue weighted by Crippen LogP contribution is -2.37. The van der Waals surface area contributed by atoms with Gasteiger partial charge >= 0.3 is 0 Å². The minimum Gasteiger partial charge on any atom is -0.459 e. The Kier molecular flexibility index (Phi) is 4.62. The molecular weight excluding hydrogens is 272 g/mol. The van der Waals surface area contributed by atoms with E-state index in [-0.39, 0.29) is 0 Å². The maximum absolute atomic E-state index is 9.91. The van der Waals surface area contributed by atoms with Crippen molar-refractivity contribution in [2.75, 3.05) is 13.1 Å². The minimum absolute atomic E-state index is 0.649. The highest BCUT2D eigenvalue weighted by Gasteiger charge is 2.18. The van der Waals surface area contributed by atoms with E-state index in [1.54, 1.807) is 11.3 Å². The van der Waals surface area contributed by atoms with Crippen LogP contribution in [0.2, 0.25) is 0 Å². The molecule has 0 amide bonds. The number of aryl methyl sites for hydroxylation is 1. The van der Waals surface area contributed by atoms with Crippen LogP contribution in [0.1, 0.15) is 31.4 Å². The molecular formula is C15H22N2O2S. The van der Waals surface area contributed by atoms with Crippen LogP contribution in [-0.2, 0) is 6.54 Å². The topological polar surface area (TPSA) is 49.5 Å². The largest absolute Gasteiger partial charge is 0.459 e. The number of furan rings is 1. The standard InChI is InChI=1S/C15H22N2O2S/c1-5-17(10-15(3,4)18)9-12-8-16-14(20-12)13-7-6-11(2)19-13/h6-8,18H,5,9-10H2,1-4H3. The average Bonchev–Trinajstić information content (AvgIpc) is 2.95. The Bertz CT molecular complexity index is 554. The molecule has 2 rings (SSSR count). The van der Waals surface area contributed by atoms with Gasteiger partial charge in [-0.15, -0.1) is 11.3 Å². The monoisotopic (exact) mass is 294 g/mol. The van der Waals surface area contributed by atoms with E-state index in [1.807, 2.05) is 39.1 Å². The number of hydrogen-bond donors (Lipinski definition) is 1. The number of rotatable bonds is 6. The van der Waals surface area contributed by atoms with Crippen molar-refractivity contribution in [1.29, 1.82) is 0 Å². The van der Waals surface area contributed by atoms with E-state index < -0.39 is 5.60 Å². The van der Waals surface area contributed by atoms with Crippen LogP contribution in [0.4, 0.5) is 0 Å². The molecule has 4 nitrogen and oxygen atoms in total. The summed E-state index contributed by atoms with van der Waals surface area (Å²) < 4.78 is 5.59. The molecule has 0 spiro atoms. The lowest BCUT2D eigenvalue weighted by molar-refractivity contribution is 0.0356. The molecule has 5 heteroatoms. The fourth-order valence-corrected chi connectivity index (χ4v) is 3.01. The number of likely N-dealkylation sites (N-methyl/N-ethyl adjacent to an activating group) is 1. The quantitative estimate of drug-likeness (QED) is 0.888. The molecule has 20 heavy (non-hydrogen) atoms. The van der Waals surface area contributed by atoms with Gasteiger partial charge in [-0.2, -0.15) is 0 Å². The van der Waals surface area contributed by atoms with Crippen molar-refractivity contribution in [3.8, 4) is 10.8 Å². The molecule has 0 aliphatic heterocycles. The molecule has 0 aromatic carbocycles. The van der Waals surface area contributed by atoms with Gasteiger partial charge in [-0.1, -0.05) is 6.92 Å². The number of aliphatic hydroxyl groups is 1. The zero-order chi connectivity index (χ0) is 14.8. The van der Waals surface area contributed by atoms with Crippen LogP contribution in [0.25, 0.3) is 10.8 Å². The molecule has 110 valence electrons. The molecule has 0 aliphatic rings. The van der Waals surface area contributed by atoms with E-state index in [1.165, 1.54) is 4.88 Å². The first-order valence-electron chi connectivity index (χ1n) is 6.83. The van der Waals surface area contributed by atoms with E-state index in [4.69, 9.17) is 4.42 Å². The normalized spacial score (nSPS) is 12.3. The fourth-order valence-electron chi connectivity index (χ4n) is 2.09. The van der Waals surface area contributed by atoms with Gasteiger partial charge in [0.1, 0.15) is 5.76 Å². The third-order valence-corrected chi connectivity index (χ3v) is 3.94. The first-order valence-corrected chi connectivity index (χ1v) is 7.65. The molecule has 2 heterocycles. The van der Waals surface area contributed by atoms with Crippen LogP contribution in [0, 0.1) is 6.92 Å². The van der Waals surface area contributed by atoms with Crippen molar-refractivity contribution < 1.29 is 9.52 Å². The van der Waals surface area contributed by atoms with Gasteiger partial charge in [-0.3, -0.25) is 4.90 Å². The molecule has 0 saturated carbocycles. The third kappa shape index (κ3) is 4.16. The highest BCUT2D eigenvalue weighted by molar-refractivity contribution is 7.14. The first-order chi connectivity index (χ1) is 9.37. The highest BCUT2D eigenvalue weighted by Crippen LogP contribution is 2.27. The molecule has 1 N–H and O–H groups in total. The first kappa shape index (κ1) is 15.2.